The molecule has 0 saturated carbocycles. The molecular weight excluding hydrogens is 182 g/mol. The van der Waals surface area contributed by atoms with Gasteiger partial charge in [0.1, 0.15) is 0 Å². The summed E-state index contributed by atoms with van der Waals surface area (Å²) in [5, 5.41) is 0. The number of allylic oxidation sites excluding steroid dienone is 2. The monoisotopic (exact) mass is 207 g/mol. The first-order valence-corrected chi connectivity index (χ1v) is 6.40. The molecule has 0 amide bonds. The van der Waals surface area contributed by atoms with Crippen LogP contribution >= 0.6 is 0 Å². The number of rotatable bonds is 7. The third-order valence-corrected chi connectivity index (χ3v) is 3.17. The molecule has 1 rings (SSSR count). The van der Waals surface area contributed by atoms with Gasteiger partial charge in [-0.15, -0.1) is 0 Å². The summed E-state index contributed by atoms with van der Waals surface area (Å²) in [7, 11) is 0. The molecule has 0 aromatic rings. The van der Waals surface area contributed by atoms with Crippen molar-refractivity contribution in [1.29, 1.82) is 0 Å². The molecular formula is C14H25N. The smallest absolute Gasteiger partial charge is 0.0377 e. The van der Waals surface area contributed by atoms with Crippen molar-refractivity contribution in [2.45, 2.75) is 63.8 Å². The summed E-state index contributed by atoms with van der Waals surface area (Å²) in [6.07, 6.45) is 18.8. The van der Waals surface area contributed by atoms with Gasteiger partial charge in [-0.25, -0.2) is 0 Å². The molecule has 0 bridgehead atoms. The second-order valence-electron chi connectivity index (χ2n) is 4.74. The zero-order chi connectivity index (χ0) is 11.0. The van der Waals surface area contributed by atoms with E-state index in [0.717, 1.165) is 12.8 Å². The van der Waals surface area contributed by atoms with E-state index in [4.69, 9.17) is 5.73 Å². The lowest BCUT2D eigenvalue weighted by Crippen LogP contribution is -2.37. The highest BCUT2D eigenvalue weighted by Gasteiger charge is 2.20. The fraction of sp³-hybridized carbons (Fsp3) is 0.714. The molecule has 1 aliphatic rings. The van der Waals surface area contributed by atoms with Crippen molar-refractivity contribution < 1.29 is 0 Å². The summed E-state index contributed by atoms with van der Waals surface area (Å²) >= 11 is 0. The van der Waals surface area contributed by atoms with Gasteiger partial charge >= 0.3 is 0 Å². The first-order valence-electron chi connectivity index (χ1n) is 6.40. The third kappa shape index (κ3) is 5.17. The maximum absolute atomic E-state index is 6.26. The quantitative estimate of drug-likeness (QED) is 0.628. The van der Waals surface area contributed by atoms with Crippen LogP contribution in [0.25, 0.3) is 0 Å². The van der Waals surface area contributed by atoms with Gasteiger partial charge in [0.05, 0.1) is 0 Å². The van der Waals surface area contributed by atoms with Crippen molar-refractivity contribution in [3.63, 3.8) is 0 Å². The summed E-state index contributed by atoms with van der Waals surface area (Å²) in [6.45, 7) is 2.26. The van der Waals surface area contributed by atoms with E-state index in [0.29, 0.717) is 0 Å². The van der Waals surface area contributed by atoms with Gasteiger partial charge in [-0.3, -0.25) is 0 Å². The summed E-state index contributed by atoms with van der Waals surface area (Å²) in [5.74, 6) is 0. The van der Waals surface area contributed by atoms with Gasteiger partial charge in [-0.1, -0.05) is 69.8 Å². The van der Waals surface area contributed by atoms with E-state index >= 15 is 0 Å². The molecule has 1 heteroatoms. The molecule has 1 atom stereocenters. The first kappa shape index (κ1) is 12.5. The van der Waals surface area contributed by atoms with Crippen LogP contribution in [0, 0.1) is 0 Å². The van der Waals surface area contributed by atoms with Crippen molar-refractivity contribution >= 4 is 0 Å². The Morgan fingerprint density at radius 2 is 1.80 bits per heavy atom. The zero-order valence-corrected chi connectivity index (χ0v) is 10.0. The van der Waals surface area contributed by atoms with Gasteiger partial charge in [0, 0.05) is 5.54 Å². The largest absolute Gasteiger partial charge is 0.322 e. The molecule has 0 aromatic carbocycles. The van der Waals surface area contributed by atoms with Crippen molar-refractivity contribution in [3.8, 4) is 0 Å². The molecule has 1 nitrogen and oxygen atoms in total. The van der Waals surface area contributed by atoms with Crippen LogP contribution < -0.4 is 5.73 Å². The second kappa shape index (κ2) is 6.84. The lowest BCUT2D eigenvalue weighted by molar-refractivity contribution is 0.451. The van der Waals surface area contributed by atoms with Crippen molar-refractivity contribution in [3.05, 3.63) is 24.3 Å². The van der Waals surface area contributed by atoms with Gasteiger partial charge in [0.25, 0.3) is 0 Å². The molecule has 1 aliphatic carbocycles. The molecule has 0 heterocycles. The fourth-order valence-electron chi connectivity index (χ4n) is 2.10. The first-order chi connectivity index (χ1) is 7.27. The Labute approximate surface area is 94.4 Å². The minimum atomic E-state index is -0.0422. The highest BCUT2D eigenvalue weighted by Crippen LogP contribution is 2.22. The Bertz CT molecular complexity index is 217. The zero-order valence-electron chi connectivity index (χ0n) is 10.0. The van der Waals surface area contributed by atoms with E-state index in [1.807, 2.05) is 0 Å². The van der Waals surface area contributed by atoms with Crippen molar-refractivity contribution in [2.75, 3.05) is 0 Å². The summed E-state index contributed by atoms with van der Waals surface area (Å²) in [6, 6.07) is 0. The summed E-state index contributed by atoms with van der Waals surface area (Å²) in [5.41, 5.74) is 6.22. The van der Waals surface area contributed by atoms with Crippen LogP contribution in [0.3, 0.4) is 0 Å². The standard InChI is InChI=1S/C14H25N/c1-2-3-4-5-6-8-11-14(15)12-9-7-10-13-14/h7,9-10,12H,2-6,8,11,13,15H2,1H3. The molecule has 15 heavy (non-hydrogen) atoms. The summed E-state index contributed by atoms with van der Waals surface area (Å²) < 4.78 is 0. The Hall–Kier alpha value is -0.560. The van der Waals surface area contributed by atoms with E-state index in [9.17, 15) is 0 Å². The Balaban J connectivity index is 2.04. The topological polar surface area (TPSA) is 26.0 Å². The second-order valence-corrected chi connectivity index (χ2v) is 4.74. The van der Waals surface area contributed by atoms with Crippen LogP contribution in [0.2, 0.25) is 0 Å². The lowest BCUT2D eigenvalue weighted by atomic mass is 9.87. The van der Waals surface area contributed by atoms with Crippen LogP contribution in [-0.4, -0.2) is 5.54 Å². The van der Waals surface area contributed by atoms with Crippen LogP contribution in [0.1, 0.15) is 58.3 Å². The number of hydrogen-bond acceptors (Lipinski definition) is 1. The van der Waals surface area contributed by atoms with Gasteiger partial charge in [0.2, 0.25) is 0 Å². The minimum Gasteiger partial charge on any atom is -0.322 e. The van der Waals surface area contributed by atoms with Gasteiger partial charge in [-0.2, -0.15) is 0 Å². The maximum atomic E-state index is 6.26. The summed E-state index contributed by atoms with van der Waals surface area (Å²) in [4.78, 5) is 0. The molecule has 0 saturated heterocycles. The third-order valence-electron chi connectivity index (χ3n) is 3.17. The maximum Gasteiger partial charge on any atom is 0.0377 e. The fourth-order valence-corrected chi connectivity index (χ4v) is 2.10. The Morgan fingerprint density at radius 3 is 2.47 bits per heavy atom. The van der Waals surface area contributed by atoms with Gasteiger partial charge < -0.3 is 5.73 Å². The molecule has 0 fully saturated rings. The molecule has 86 valence electrons. The average Bonchev–Trinajstić information content (AvgIpc) is 2.24. The number of nitrogens with two attached hydrogens (primary N) is 1. The highest BCUT2D eigenvalue weighted by atomic mass is 14.7. The van der Waals surface area contributed by atoms with Crippen molar-refractivity contribution in [2.24, 2.45) is 5.73 Å². The molecule has 0 spiro atoms. The molecule has 0 aromatic heterocycles. The normalized spacial score (nSPS) is 24.7. The number of unbranched alkanes of at least 4 members (excludes halogenated alkanes) is 5. The molecule has 0 radical (unpaired) electrons. The van der Waals surface area contributed by atoms with E-state index < -0.39 is 0 Å². The molecule has 1 unspecified atom stereocenters. The Kier molecular flexibility index (Phi) is 5.70. The van der Waals surface area contributed by atoms with Crippen LogP contribution in [-0.2, 0) is 0 Å². The molecule has 2 N–H and O–H groups in total. The van der Waals surface area contributed by atoms with Crippen LogP contribution in [0.15, 0.2) is 24.3 Å². The van der Waals surface area contributed by atoms with Crippen LogP contribution in [0.4, 0.5) is 0 Å². The van der Waals surface area contributed by atoms with Crippen LogP contribution in [0.5, 0.6) is 0 Å². The SMILES string of the molecule is CCCCCCCCC1(N)C=CC=CC1. The molecule has 0 aliphatic heterocycles. The van der Waals surface area contributed by atoms with E-state index in [-0.39, 0.29) is 5.54 Å². The Morgan fingerprint density at radius 1 is 1.07 bits per heavy atom. The predicted octanol–water partition coefficient (Wildman–Crippen LogP) is 3.95. The minimum absolute atomic E-state index is 0.0422. The van der Waals surface area contributed by atoms with Gasteiger partial charge in [0.15, 0.2) is 0 Å². The van der Waals surface area contributed by atoms with E-state index in [1.54, 1.807) is 0 Å². The van der Waals surface area contributed by atoms with Crippen molar-refractivity contribution in [1.82, 2.24) is 0 Å². The van der Waals surface area contributed by atoms with E-state index in [1.165, 1.54) is 38.5 Å². The lowest BCUT2D eigenvalue weighted by Gasteiger charge is -2.26. The van der Waals surface area contributed by atoms with E-state index in [2.05, 4.69) is 31.2 Å². The highest BCUT2D eigenvalue weighted by molar-refractivity contribution is 5.19. The van der Waals surface area contributed by atoms with Gasteiger partial charge in [-0.05, 0) is 12.8 Å². The number of hydrogen-bond donors (Lipinski definition) is 1. The predicted molar refractivity (Wildman–Crippen MR) is 67.8 cm³/mol. The average molecular weight is 207 g/mol.